The summed E-state index contributed by atoms with van der Waals surface area (Å²) in [5.74, 6) is 1.66. The van der Waals surface area contributed by atoms with E-state index in [2.05, 4.69) is 33.0 Å². The lowest BCUT2D eigenvalue weighted by molar-refractivity contribution is 0.0890. The average molecular weight is 251 g/mol. The highest BCUT2D eigenvalue weighted by Gasteiger charge is 2.59. The Labute approximate surface area is 112 Å². The molecule has 2 saturated carbocycles. The molecule has 3 rings (SSSR count). The summed E-state index contributed by atoms with van der Waals surface area (Å²) in [7, 11) is 0. The van der Waals surface area contributed by atoms with Gasteiger partial charge in [-0.2, -0.15) is 0 Å². The van der Waals surface area contributed by atoms with E-state index >= 15 is 0 Å². The normalized spacial score (nSPS) is 47.7. The zero-order valence-corrected chi connectivity index (χ0v) is 12.5. The Hall–Kier alpha value is -0.0800. The van der Waals surface area contributed by atoms with Gasteiger partial charge in [0.25, 0.3) is 0 Å². The summed E-state index contributed by atoms with van der Waals surface area (Å²) in [5, 5.41) is 4.00. The Balaban J connectivity index is 1.71. The molecule has 3 aliphatic rings. The zero-order chi connectivity index (χ0) is 13.0. The van der Waals surface area contributed by atoms with Crippen molar-refractivity contribution in [2.45, 2.75) is 65.5 Å². The van der Waals surface area contributed by atoms with Crippen LogP contribution in [0, 0.1) is 22.7 Å². The molecule has 2 aliphatic carbocycles. The van der Waals surface area contributed by atoms with Gasteiger partial charge in [0.2, 0.25) is 0 Å². The van der Waals surface area contributed by atoms with Gasteiger partial charge in [0, 0.05) is 18.7 Å². The van der Waals surface area contributed by atoms with Crippen LogP contribution >= 0.6 is 0 Å². The minimum absolute atomic E-state index is 0.473. The predicted molar refractivity (Wildman–Crippen MR) is 74.5 cm³/mol. The monoisotopic (exact) mass is 251 g/mol. The van der Waals surface area contributed by atoms with Gasteiger partial charge in [0.15, 0.2) is 0 Å². The number of fused-ring (bicyclic) bond motifs is 2. The van der Waals surface area contributed by atoms with Crippen LogP contribution in [0.1, 0.15) is 53.4 Å². The highest BCUT2D eigenvalue weighted by Crippen LogP contribution is 2.62. The fraction of sp³-hybridized carbons (Fsp3) is 1.00. The fourth-order valence-electron chi connectivity index (χ4n) is 5.06. The summed E-state index contributed by atoms with van der Waals surface area (Å²) < 4.78 is 5.54. The van der Waals surface area contributed by atoms with E-state index in [0.717, 1.165) is 25.0 Å². The van der Waals surface area contributed by atoms with Crippen LogP contribution in [0.4, 0.5) is 0 Å². The van der Waals surface area contributed by atoms with Crippen LogP contribution in [0.2, 0.25) is 0 Å². The van der Waals surface area contributed by atoms with Crippen LogP contribution < -0.4 is 5.32 Å². The van der Waals surface area contributed by atoms with Gasteiger partial charge in [-0.1, -0.05) is 20.8 Å². The quantitative estimate of drug-likeness (QED) is 0.831. The average Bonchev–Trinajstić information content (AvgIpc) is 2.96. The molecule has 2 nitrogen and oxygen atoms in total. The summed E-state index contributed by atoms with van der Waals surface area (Å²) >= 11 is 0. The molecule has 1 N–H and O–H groups in total. The maximum Gasteiger partial charge on any atom is 0.0509 e. The first-order valence-corrected chi connectivity index (χ1v) is 7.77. The lowest BCUT2D eigenvalue weighted by Gasteiger charge is -2.45. The summed E-state index contributed by atoms with van der Waals surface area (Å²) in [6.45, 7) is 11.8. The maximum atomic E-state index is 5.54. The molecule has 2 bridgehead atoms. The van der Waals surface area contributed by atoms with Crippen molar-refractivity contribution in [2.24, 2.45) is 22.7 Å². The zero-order valence-electron chi connectivity index (χ0n) is 12.5. The van der Waals surface area contributed by atoms with Gasteiger partial charge >= 0.3 is 0 Å². The third-order valence-corrected chi connectivity index (χ3v) is 6.37. The molecule has 0 aromatic heterocycles. The number of rotatable bonds is 3. The molecule has 0 radical (unpaired) electrons. The molecule has 3 fully saturated rings. The van der Waals surface area contributed by atoms with Gasteiger partial charge in [0.05, 0.1) is 6.61 Å². The second kappa shape index (κ2) is 4.21. The van der Waals surface area contributed by atoms with Crippen molar-refractivity contribution in [2.75, 3.05) is 13.2 Å². The Bertz CT molecular complexity index is 316. The molecule has 1 heterocycles. The summed E-state index contributed by atoms with van der Waals surface area (Å²) in [6, 6.07) is 1.30. The molecule has 104 valence electrons. The maximum absolute atomic E-state index is 5.54. The highest BCUT2D eigenvalue weighted by atomic mass is 16.5. The second-order valence-corrected chi connectivity index (χ2v) is 7.93. The molecule has 0 amide bonds. The van der Waals surface area contributed by atoms with Crippen LogP contribution in [0.25, 0.3) is 0 Å². The van der Waals surface area contributed by atoms with E-state index in [0.29, 0.717) is 22.9 Å². The van der Waals surface area contributed by atoms with Gasteiger partial charge in [-0.15, -0.1) is 0 Å². The molecule has 2 heteroatoms. The largest absolute Gasteiger partial charge is 0.381 e. The third kappa shape index (κ3) is 1.84. The molecule has 0 aromatic rings. The van der Waals surface area contributed by atoms with Crippen LogP contribution in [0.3, 0.4) is 0 Å². The number of hydrogen-bond donors (Lipinski definition) is 1. The molecular formula is C16H29NO. The Morgan fingerprint density at radius 2 is 2.00 bits per heavy atom. The molecule has 1 aliphatic heterocycles. The predicted octanol–water partition coefficient (Wildman–Crippen LogP) is 3.22. The first kappa shape index (κ1) is 12.9. The highest BCUT2D eigenvalue weighted by molar-refractivity contribution is 5.12. The van der Waals surface area contributed by atoms with Gasteiger partial charge < -0.3 is 10.1 Å². The smallest absolute Gasteiger partial charge is 0.0509 e. The fourth-order valence-corrected chi connectivity index (χ4v) is 5.06. The van der Waals surface area contributed by atoms with Crippen LogP contribution in [-0.4, -0.2) is 25.3 Å². The molecule has 1 saturated heterocycles. The van der Waals surface area contributed by atoms with E-state index in [1.807, 2.05) is 0 Å². The Morgan fingerprint density at radius 3 is 2.56 bits per heavy atom. The molecule has 18 heavy (non-hydrogen) atoms. The Morgan fingerprint density at radius 1 is 1.22 bits per heavy atom. The molecular weight excluding hydrogens is 222 g/mol. The van der Waals surface area contributed by atoms with E-state index in [1.165, 1.54) is 25.7 Å². The number of nitrogens with one attached hydrogen (secondary N) is 1. The van der Waals surface area contributed by atoms with Crippen molar-refractivity contribution in [1.82, 2.24) is 5.32 Å². The first-order chi connectivity index (χ1) is 8.43. The van der Waals surface area contributed by atoms with Gasteiger partial charge in [-0.25, -0.2) is 0 Å². The number of hydrogen-bond acceptors (Lipinski definition) is 2. The molecule has 5 atom stereocenters. The molecule has 0 aromatic carbocycles. The van der Waals surface area contributed by atoms with Crippen LogP contribution in [0.15, 0.2) is 0 Å². The minimum Gasteiger partial charge on any atom is -0.381 e. The first-order valence-electron chi connectivity index (χ1n) is 7.77. The topological polar surface area (TPSA) is 21.3 Å². The molecule has 5 unspecified atom stereocenters. The van der Waals surface area contributed by atoms with Crippen molar-refractivity contribution >= 4 is 0 Å². The summed E-state index contributed by atoms with van der Waals surface area (Å²) in [4.78, 5) is 0. The van der Waals surface area contributed by atoms with Crippen molar-refractivity contribution < 1.29 is 4.74 Å². The standard InChI is InChI=1S/C16H29NO/c1-11(12-6-8-18-10-12)17-14-15(2,3)13-5-7-16(14,4)9-13/h11-14,17H,5-10H2,1-4H3. The summed E-state index contributed by atoms with van der Waals surface area (Å²) in [5.41, 5.74) is 1.02. The molecule has 0 spiro atoms. The van der Waals surface area contributed by atoms with Gasteiger partial charge in [-0.05, 0) is 55.3 Å². The Kier molecular flexibility index (Phi) is 3.02. The van der Waals surface area contributed by atoms with E-state index in [1.54, 1.807) is 0 Å². The van der Waals surface area contributed by atoms with Crippen molar-refractivity contribution in [3.63, 3.8) is 0 Å². The van der Waals surface area contributed by atoms with Crippen LogP contribution in [0.5, 0.6) is 0 Å². The SMILES string of the molecule is CC(NC1C2(C)CCC(C2)C1(C)C)C1CCOC1. The minimum atomic E-state index is 0.473. The van der Waals surface area contributed by atoms with E-state index in [9.17, 15) is 0 Å². The number of ether oxygens (including phenoxy) is 1. The van der Waals surface area contributed by atoms with Gasteiger partial charge in [0.1, 0.15) is 0 Å². The van der Waals surface area contributed by atoms with Gasteiger partial charge in [-0.3, -0.25) is 0 Å². The third-order valence-electron chi connectivity index (χ3n) is 6.37. The lowest BCUT2D eigenvalue weighted by Crippen LogP contribution is -2.54. The van der Waals surface area contributed by atoms with E-state index in [-0.39, 0.29) is 0 Å². The lowest BCUT2D eigenvalue weighted by atomic mass is 9.68. The van der Waals surface area contributed by atoms with Crippen molar-refractivity contribution in [3.8, 4) is 0 Å². The van der Waals surface area contributed by atoms with Crippen molar-refractivity contribution in [3.05, 3.63) is 0 Å². The second-order valence-electron chi connectivity index (χ2n) is 7.93. The van der Waals surface area contributed by atoms with E-state index < -0.39 is 0 Å². The summed E-state index contributed by atoms with van der Waals surface area (Å²) in [6.07, 6.45) is 5.54. The van der Waals surface area contributed by atoms with Crippen molar-refractivity contribution in [1.29, 1.82) is 0 Å². The van der Waals surface area contributed by atoms with Crippen LogP contribution in [-0.2, 0) is 4.74 Å². The van der Waals surface area contributed by atoms with E-state index in [4.69, 9.17) is 4.74 Å².